The maximum atomic E-state index is 10.8. The molecule has 0 spiro atoms. The van der Waals surface area contributed by atoms with Crippen LogP contribution in [0.4, 0.5) is 0 Å². The zero-order valence-corrected chi connectivity index (χ0v) is 9.19. The summed E-state index contributed by atoms with van der Waals surface area (Å²) in [6, 6.07) is -0.147. The van der Waals surface area contributed by atoms with Crippen LogP contribution in [0.25, 0.3) is 0 Å². The van der Waals surface area contributed by atoms with Gasteiger partial charge in [0.25, 0.3) is 0 Å². The molecule has 0 heterocycles. The normalized spacial score (nSPS) is 17.8. The van der Waals surface area contributed by atoms with E-state index in [9.17, 15) is 9.00 Å². The number of nitrogens with two attached hydrogens (primary N) is 1. The van der Waals surface area contributed by atoms with Crippen molar-refractivity contribution < 1.29 is 9.00 Å². The SMILES string of the molecule is CC(CCS(C)=O)NC(C)C(N)=O. The summed E-state index contributed by atoms with van der Waals surface area (Å²) in [5.74, 6) is 0.295. The van der Waals surface area contributed by atoms with Gasteiger partial charge in [-0.1, -0.05) is 0 Å². The molecule has 0 fully saturated rings. The Bertz CT molecular complexity index is 197. The zero-order valence-electron chi connectivity index (χ0n) is 8.37. The van der Waals surface area contributed by atoms with Crippen LogP contribution in [-0.4, -0.2) is 34.2 Å². The Labute approximate surface area is 81.7 Å². The molecule has 0 rings (SSSR count). The van der Waals surface area contributed by atoms with E-state index in [0.29, 0.717) is 5.75 Å². The molecule has 0 aliphatic carbocycles. The molecule has 3 N–H and O–H groups in total. The van der Waals surface area contributed by atoms with Gasteiger partial charge >= 0.3 is 0 Å². The topological polar surface area (TPSA) is 72.2 Å². The summed E-state index contributed by atoms with van der Waals surface area (Å²) < 4.78 is 10.8. The molecule has 0 aliphatic rings. The minimum Gasteiger partial charge on any atom is -0.368 e. The van der Waals surface area contributed by atoms with E-state index in [0.717, 1.165) is 6.42 Å². The van der Waals surface area contributed by atoms with Crippen LogP contribution in [0.3, 0.4) is 0 Å². The van der Waals surface area contributed by atoms with Crippen LogP contribution in [0.2, 0.25) is 0 Å². The summed E-state index contributed by atoms with van der Waals surface area (Å²) in [4.78, 5) is 10.7. The van der Waals surface area contributed by atoms with Gasteiger partial charge in [0.05, 0.1) is 6.04 Å². The first kappa shape index (κ1) is 12.6. The lowest BCUT2D eigenvalue weighted by atomic mass is 10.2. The minimum atomic E-state index is -0.768. The summed E-state index contributed by atoms with van der Waals surface area (Å²) >= 11 is 0. The van der Waals surface area contributed by atoms with E-state index >= 15 is 0 Å². The fourth-order valence-corrected chi connectivity index (χ4v) is 1.62. The quantitative estimate of drug-likeness (QED) is 0.621. The molecule has 0 aliphatic heterocycles. The fourth-order valence-electron chi connectivity index (χ4n) is 0.935. The van der Waals surface area contributed by atoms with Crippen molar-refractivity contribution >= 4 is 16.7 Å². The molecule has 0 bridgehead atoms. The molecule has 0 saturated carbocycles. The Morgan fingerprint density at radius 1 is 1.54 bits per heavy atom. The predicted molar refractivity (Wildman–Crippen MR) is 54.8 cm³/mol. The van der Waals surface area contributed by atoms with E-state index < -0.39 is 10.8 Å². The first-order chi connectivity index (χ1) is 5.93. The van der Waals surface area contributed by atoms with Crippen molar-refractivity contribution in [3.63, 3.8) is 0 Å². The van der Waals surface area contributed by atoms with Crippen molar-refractivity contribution in [3.8, 4) is 0 Å². The van der Waals surface area contributed by atoms with Crippen LogP contribution in [0, 0.1) is 0 Å². The number of amides is 1. The molecule has 3 unspecified atom stereocenters. The minimum absolute atomic E-state index is 0.173. The second-order valence-electron chi connectivity index (χ2n) is 3.26. The molecular formula is C8H18N2O2S. The van der Waals surface area contributed by atoms with Gasteiger partial charge in [-0.2, -0.15) is 0 Å². The number of carbonyl (C=O) groups is 1. The standard InChI is InChI=1S/C8H18N2O2S/c1-6(4-5-13(3)12)10-7(2)8(9)11/h6-7,10H,4-5H2,1-3H3,(H2,9,11). The average Bonchev–Trinajstić information content (AvgIpc) is 2.00. The summed E-state index contributed by atoms with van der Waals surface area (Å²) in [7, 11) is -0.768. The monoisotopic (exact) mass is 206 g/mol. The van der Waals surface area contributed by atoms with Crippen LogP contribution in [0.15, 0.2) is 0 Å². The van der Waals surface area contributed by atoms with Gasteiger partial charge < -0.3 is 11.1 Å². The van der Waals surface area contributed by atoms with Crippen molar-refractivity contribution in [1.29, 1.82) is 0 Å². The van der Waals surface area contributed by atoms with Gasteiger partial charge in [0.1, 0.15) is 0 Å². The number of hydrogen-bond donors (Lipinski definition) is 2. The molecule has 0 saturated heterocycles. The van der Waals surface area contributed by atoms with Crippen molar-refractivity contribution in [2.24, 2.45) is 5.73 Å². The first-order valence-corrected chi connectivity index (χ1v) is 6.01. The highest BCUT2D eigenvalue weighted by Gasteiger charge is 2.11. The molecule has 0 aromatic carbocycles. The van der Waals surface area contributed by atoms with Gasteiger partial charge in [-0.05, 0) is 20.3 Å². The lowest BCUT2D eigenvalue weighted by molar-refractivity contribution is -0.119. The molecular weight excluding hydrogens is 188 g/mol. The molecule has 3 atom stereocenters. The van der Waals surface area contributed by atoms with Gasteiger partial charge in [0.2, 0.25) is 5.91 Å². The van der Waals surface area contributed by atoms with Crippen LogP contribution in [-0.2, 0) is 15.6 Å². The first-order valence-electron chi connectivity index (χ1n) is 4.29. The maximum Gasteiger partial charge on any atom is 0.234 e. The Morgan fingerprint density at radius 3 is 2.46 bits per heavy atom. The van der Waals surface area contributed by atoms with E-state index in [-0.39, 0.29) is 18.0 Å². The number of rotatable bonds is 6. The van der Waals surface area contributed by atoms with Gasteiger partial charge in [-0.25, -0.2) is 0 Å². The fraction of sp³-hybridized carbons (Fsp3) is 0.875. The number of nitrogens with one attached hydrogen (secondary N) is 1. The van der Waals surface area contributed by atoms with Crippen LogP contribution < -0.4 is 11.1 Å². The highest BCUT2D eigenvalue weighted by molar-refractivity contribution is 7.84. The summed E-state index contributed by atoms with van der Waals surface area (Å²) in [5.41, 5.74) is 5.08. The predicted octanol–water partition coefficient (Wildman–Crippen LogP) is -0.393. The molecule has 1 amide bonds. The van der Waals surface area contributed by atoms with E-state index in [1.807, 2.05) is 6.92 Å². The van der Waals surface area contributed by atoms with Gasteiger partial charge in [0, 0.05) is 28.9 Å². The third-order valence-electron chi connectivity index (χ3n) is 1.80. The van der Waals surface area contributed by atoms with Crippen molar-refractivity contribution in [1.82, 2.24) is 5.32 Å². The van der Waals surface area contributed by atoms with E-state index in [1.165, 1.54) is 0 Å². The van der Waals surface area contributed by atoms with Crippen molar-refractivity contribution in [2.75, 3.05) is 12.0 Å². The molecule has 13 heavy (non-hydrogen) atoms. The average molecular weight is 206 g/mol. The highest BCUT2D eigenvalue weighted by atomic mass is 32.2. The summed E-state index contributed by atoms with van der Waals surface area (Å²) in [6.45, 7) is 3.67. The molecule has 0 aromatic heterocycles. The Balaban J connectivity index is 3.67. The highest BCUT2D eigenvalue weighted by Crippen LogP contribution is 1.94. The van der Waals surface area contributed by atoms with E-state index in [2.05, 4.69) is 5.32 Å². The number of carbonyl (C=O) groups excluding carboxylic acids is 1. The van der Waals surface area contributed by atoms with Crippen molar-refractivity contribution in [3.05, 3.63) is 0 Å². The van der Waals surface area contributed by atoms with E-state index in [1.54, 1.807) is 13.2 Å². The van der Waals surface area contributed by atoms with Crippen molar-refractivity contribution in [2.45, 2.75) is 32.4 Å². The Hall–Kier alpha value is -0.420. The Kier molecular flexibility index (Phi) is 5.90. The molecule has 5 heteroatoms. The summed E-state index contributed by atoms with van der Waals surface area (Å²) in [6.07, 6.45) is 2.46. The molecule has 78 valence electrons. The van der Waals surface area contributed by atoms with Gasteiger partial charge in [-0.15, -0.1) is 0 Å². The van der Waals surface area contributed by atoms with Crippen LogP contribution >= 0.6 is 0 Å². The number of primary amides is 1. The van der Waals surface area contributed by atoms with Gasteiger partial charge in [-0.3, -0.25) is 9.00 Å². The molecule has 0 radical (unpaired) electrons. The largest absolute Gasteiger partial charge is 0.368 e. The van der Waals surface area contributed by atoms with Crippen LogP contribution in [0.1, 0.15) is 20.3 Å². The Morgan fingerprint density at radius 2 is 2.08 bits per heavy atom. The lowest BCUT2D eigenvalue weighted by Gasteiger charge is -2.16. The summed E-state index contributed by atoms with van der Waals surface area (Å²) in [5, 5.41) is 3.03. The second kappa shape index (κ2) is 6.10. The smallest absolute Gasteiger partial charge is 0.234 e. The molecule has 0 aromatic rings. The maximum absolute atomic E-state index is 10.8. The van der Waals surface area contributed by atoms with Crippen LogP contribution in [0.5, 0.6) is 0 Å². The lowest BCUT2D eigenvalue weighted by Crippen LogP contribution is -2.43. The van der Waals surface area contributed by atoms with Gasteiger partial charge in [0.15, 0.2) is 0 Å². The third kappa shape index (κ3) is 6.72. The van der Waals surface area contributed by atoms with E-state index in [4.69, 9.17) is 5.73 Å². The second-order valence-corrected chi connectivity index (χ2v) is 4.81. The zero-order chi connectivity index (χ0) is 10.4. The molecule has 4 nitrogen and oxygen atoms in total. The number of hydrogen-bond acceptors (Lipinski definition) is 3. The third-order valence-corrected chi connectivity index (χ3v) is 2.61.